The summed E-state index contributed by atoms with van der Waals surface area (Å²) < 4.78 is 0. The summed E-state index contributed by atoms with van der Waals surface area (Å²) in [5.74, 6) is 1.84. The van der Waals surface area contributed by atoms with Crippen molar-refractivity contribution in [1.29, 1.82) is 0 Å². The van der Waals surface area contributed by atoms with Gasteiger partial charge in [-0.3, -0.25) is 9.69 Å². The number of amides is 1. The summed E-state index contributed by atoms with van der Waals surface area (Å²) in [5.41, 5.74) is 1.44. The molecule has 166 valence electrons. The molecule has 2 saturated heterocycles. The van der Waals surface area contributed by atoms with E-state index < -0.39 is 0 Å². The molecular formula is C23H39Cl2N3O. The number of benzene rings is 1. The number of rotatable bonds is 7. The van der Waals surface area contributed by atoms with E-state index >= 15 is 0 Å². The second-order valence-corrected chi connectivity index (χ2v) is 8.42. The first-order valence-corrected chi connectivity index (χ1v) is 10.9. The Morgan fingerprint density at radius 3 is 2.17 bits per heavy atom. The molecule has 0 aliphatic carbocycles. The Bertz CT molecular complexity index is 571. The summed E-state index contributed by atoms with van der Waals surface area (Å²) in [5, 5.41) is 3.45. The highest BCUT2D eigenvalue weighted by molar-refractivity contribution is 5.85. The topological polar surface area (TPSA) is 35.6 Å². The van der Waals surface area contributed by atoms with Gasteiger partial charge in [-0.1, -0.05) is 37.3 Å². The van der Waals surface area contributed by atoms with Crippen LogP contribution < -0.4 is 5.32 Å². The number of hydrogen-bond donors (Lipinski definition) is 1. The maximum atomic E-state index is 13.0. The Kier molecular flexibility index (Phi) is 12.2. The largest absolute Gasteiger partial charge is 0.341 e. The molecule has 0 saturated carbocycles. The summed E-state index contributed by atoms with van der Waals surface area (Å²) in [4.78, 5) is 17.5. The molecule has 0 aromatic heterocycles. The van der Waals surface area contributed by atoms with Gasteiger partial charge in [-0.2, -0.15) is 0 Å². The summed E-state index contributed by atoms with van der Waals surface area (Å²) in [7, 11) is 0. The molecular weight excluding hydrogens is 405 g/mol. The van der Waals surface area contributed by atoms with Crippen LogP contribution in [0.15, 0.2) is 30.3 Å². The number of piperidine rings is 2. The van der Waals surface area contributed by atoms with Crippen LogP contribution in [0.1, 0.15) is 45.1 Å². The van der Waals surface area contributed by atoms with Gasteiger partial charge < -0.3 is 10.2 Å². The fourth-order valence-electron chi connectivity index (χ4n) is 4.62. The minimum absolute atomic E-state index is 0. The minimum atomic E-state index is 0. The quantitative estimate of drug-likeness (QED) is 0.690. The van der Waals surface area contributed by atoms with E-state index in [2.05, 4.69) is 59.3 Å². The maximum absolute atomic E-state index is 13.0. The van der Waals surface area contributed by atoms with Crippen LogP contribution in [0.4, 0.5) is 0 Å². The number of carbonyl (C=O) groups excluding carboxylic acids is 1. The molecule has 1 amide bonds. The summed E-state index contributed by atoms with van der Waals surface area (Å²) in [6.07, 6.45) is 5.88. The molecule has 3 rings (SSSR count). The highest BCUT2D eigenvalue weighted by atomic mass is 35.5. The maximum Gasteiger partial charge on any atom is 0.239 e. The van der Waals surface area contributed by atoms with Crippen molar-refractivity contribution in [2.75, 3.05) is 39.3 Å². The van der Waals surface area contributed by atoms with Crippen molar-refractivity contribution in [3.05, 3.63) is 35.9 Å². The lowest BCUT2D eigenvalue weighted by Gasteiger charge is -2.39. The van der Waals surface area contributed by atoms with E-state index in [0.29, 0.717) is 5.91 Å². The first-order valence-electron chi connectivity index (χ1n) is 10.9. The Balaban J connectivity index is 0.00000210. The third-order valence-electron chi connectivity index (χ3n) is 6.53. The Morgan fingerprint density at radius 1 is 1.00 bits per heavy atom. The molecule has 1 aromatic rings. The average molecular weight is 444 g/mol. The first-order chi connectivity index (χ1) is 13.2. The van der Waals surface area contributed by atoms with Gasteiger partial charge in [0.25, 0.3) is 0 Å². The van der Waals surface area contributed by atoms with Crippen LogP contribution in [0.3, 0.4) is 0 Å². The highest BCUT2D eigenvalue weighted by Gasteiger charge is 2.31. The zero-order chi connectivity index (χ0) is 19.1. The fraction of sp³-hybridized carbons (Fsp3) is 0.696. The van der Waals surface area contributed by atoms with Crippen LogP contribution in [-0.4, -0.2) is 61.0 Å². The van der Waals surface area contributed by atoms with Crippen molar-refractivity contribution in [3.63, 3.8) is 0 Å². The first kappa shape index (κ1) is 26.2. The third kappa shape index (κ3) is 7.75. The number of likely N-dealkylation sites (tertiary alicyclic amines) is 2. The number of carbonyl (C=O) groups is 1. The van der Waals surface area contributed by atoms with E-state index in [-0.39, 0.29) is 30.9 Å². The molecule has 1 atom stereocenters. The smallest absolute Gasteiger partial charge is 0.239 e. The van der Waals surface area contributed by atoms with Crippen LogP contribution in [-0.2, 0) is 11.2 Å². The molecule has 1 unspecified atom stereocenters. The molecule has 2 heterocycles. The highest BCUT2D eigenvalue weighted by Crippen LogP contribution is 2.24. The van der Waals surface area contributed by atoms with Gasteiger partial charge in [0, 0.05) is 13.1 Å². The molecule has 1 N–H and O–H groups in total. The predicted molar refractivity (Wildman–Crippen MR) is 126 cm³/mol. The molecule has 0 bridgehead atoms. The Morgan fingerprint density at radius 2 is 1.59 bits per heavy atom. The fourth-order valence-corrected chi connectivity index (χ4v) is 4.62. The second kappa shape index (κ2) is 13.5. The van der Waals surface area contributed by atoms with E-state index in [0.717, 1.165) is 63.9 Å². The number of nitrogens with one attached hydrogen (secondary N) is 1. The Labute approximate surface area is 189 Å². The minimum Gasteiger partial charge on any atom is -0.341 e. The summed E-state index contributed by atoms with van der Waals surface area (Å²) in [6.45, 7) is 10.4. The van der Waals surface area contributed by atoms with Gasteiger partial charge in [-0.25, -0.2) is 0 Å². The number of halogens is 2. The van der Waals surface area contributed by atoms with Crippen molar-refractivity contribution < 1.29 is 4.79 Å². The van der Waals surface area contributed by atoms with Gasteiger partial charge in [0.05, 0.1) is 6.04 Å². The van der Waals surface area contributed by atoms with Gasteiger partial charge in [-0.15, -0.1) is 24.8 Å². The van der Waals surface area contributed by atoms with E-state index in [1.54, 1.807) is 0 Å². The van der Waals surface area contributed by atoms with Gasteiger partial charge in [0.2, 0.25) is 5.91 Å². The predicted octanol–water partition coefficient (Wildman–Crippen LogP) is 4.02. The van der Waals surface area contributed by atoms with Crippen molar-refractivity contribution in [2.24, 2.45) is 11.8 Å². The standard InChI is InChI=1S/C23H37N3O.2ClH/c1-3-24-18-22-11-15-26(16-12-22)23(27)19(2)25-13-9-21(10-14-25)17-20-7-5-4-6-8-20;;/h4-8,19,21-22,24H,3,9-18H2,1-2H3;2*1H. The zero-order valence-corrected chi connectivity index (χ0v) is 19.6. The second-order valence-electron chi connectivity index (χ2n) is 8.42. The SMILES string of the molecule is CCNCC1CCN(C(=O)C(C)N2CCC(Cc3ccccc3)CC2)CC1.Cl.Cl. The van der Waals surface area contributed by atoms with Crippen LogP contribution in [0, 0.1) is 11.8 Å². The van der Waals surface area contributed by atoms with Gasteiger partial charge in [0.1, 0.15) is 0 Å². The lowest BCUT2D eigenvalue weighted by atomic mass is 9.89. The van der Waals surface area contributed by atoms with E-state index in [4.69, 9.17) is 0 Å². The molecule has 2 fully saturated rings. The third-order valence-corrected chi connectivity index (χ3v) is 6.53. The molecule has 0 spiro atoms. The molecule has 0 radical (unpaired) electrons. The van der Waals surface area contributed by atoms with Gasteiger partial charge in [-0.05, 0) is 82.6 Å². The van der Waals surface area contributed by atoms with E-state index in [9.17, 15) is 4.79 Å². The lowest BCUT2D eigenvalue weighted by molar-refractivity contribution is -0.138. The summed E-state index contributed by atoms with van der Waals surface area (Å²) in [6, 6.07) is 10.9. The zero-order valence-electron chi connectivity index (χ0n) is 18.0. The van der Waals surface area contributed by atoms with E-state index in [1.165, 1.54) is 24.8 Å². The average Bonchev–Trinajstić information content (AvgIpc) is 2.73. The van der Waals surface area contributed by atoms with Crippen LogP contribution in [0.2, 0.25) is 0 Å². The van der Waals surface area contributed by atoms with Crippen molar-refractivity contribution >= 4 is 30.7 Å². The molecule has 29 heavy (non-hydrogen) atoms. The monoisotopic (exact) mass is 443 g/mol. The number of nitrogens with zero attached hydrogens (tertiary/aromatic N) is 2. The van der Waals surface area contributed by atoms with Crippen molar-refractivity contribution in [1.82, 2.24) is 15.1 Å². The van der Waals surface area contributed by atoms with Crippen LogP contribution in [0.25, 0.3) is 0 Å². The summed E-state index contributed by atoms with van der Waals surface area (Å²) >= 11 is 0. The van der Waals surface area contributed by atoms with Crippen LogP contribution in [0.5, 0.6) is 0 Å². The molecule has 2 aliphatic heterocycles. The van der Waals surface area contributed by atoms with Crippen molar-refractivity contribution in [3.8, 4) is 0 Å². The van der Waals surface area contributed by atoms with E-state index in [1.807, 2.05) is 0 Å². The molecule has 2 aliphatic rings. The molecule has 1 aromatic carbocycles. The van der Waals surface area contributed by atoms with Crippen molar-refractivity contribution in [2.45, 2.75) is 52.0 Å². The lowest BCUT2D eigenvalue weighted by Crippen LogP contribution is -2.52. The van der Waals surface area contributed by atoms with Gasteiger partial charge in [0.15, 0.2) is 0 Å². The van der Waals surface area contributed by atoms with Crippen LogP contribution >= 0.6 is 24.8 Å². The number of hydrogen-bond acceptors (Lipinski definition) is 3. The Hall–Kier alpha value is -0.810. The molecule has 6 heteroatoms. The molecule has 4 nitrogen and oxygen atoms in total. The van der Waals surface area contributed by atoms with Gasteiger partial charge >= 0.3 is 0 Å². The normalized spacial score (nSPS) is 19.9.